The van der Waals surface area contributed by atoms with Crippen molar-refractivity contribution in [2.45, 2.75) is 13.3 Å². The van der Waals surface area contributed by atoms with Gasteiger partial charge in [0.15, 0.2) is 0 Å². The number of carbonyl (C=O) groups excluding carboxylic acids is 1. The fourth-order valence-corrected chi connectivity index (χ4v) is 0.609. The van der Waals surface area contributed by atoms with Crippen LogP contribution in [0.15, 0.2) is 16.8 Å². The maximum Gasteiger partial charge on any atom is 0.335 e. The van der Waals surface area contributed by atoms with Crippen LogP contribution in [-0.4, -0.2) is 31.0 Å². The minimum absolute atomic E-state index is 0.130. The molecule has 68 valence electrons. The van der Waals surface area contributed by atoms with E-state index in [1.54, 1.807) is 0 Å². The molecule has 0 rings (SSSR count). The largest absolute Gasteiger partial charge is 0.466 e. The molecule has 0 aliphatic carbocycles. The molecule has 0 saturated heterocycles. The van der Waals surface area contributed by atoms with Crippen LogP contribution in [0.25, 0.3) is 0 Å². The van der Waals surface area contributed by atoms with Crippen LogP contribution in [0, 0.1) is 0 Å². The summed E-state index contributed by atoms with van der Waals surface area (Å²) in [4.78, 5) is 14.6. The van der Waals surface area contributed by atoms with Crippen LogP contribution < -0.4 is 0 Å². The van der Waals surface area contributed by atoms with Gasteiger partial charge < -0.3 is 9.84 Å². The lowest BCUT2D eigenvalue weighted by molar-refractivity contribution is -0.136. The van der Waals surface area contributed by atoms with E-state index in [1.807, 2.05) is 6.92 Å². The average Bonchev–Trinajstić information content (AvgIpc) is 2.11. The summed E-state index contributed by atoms with van der Waals surface area (Å²) in [5, 5.41) is 8.35. The molecule has 0 aromatic rings. The molecule has 0 aliphatic heterocycles. The highest BCUT2D eigenvalue weighted by molar-refractivity contribution is 5.88. The predicted molar refractivity (Wildman–Crippen MR) is 46.0 cm³/mol. The van der Waals surface area contributed by atoms with Crippen molar-refractivity contribution < 1.29 is 14.6 Å². The second-order valence-corrected chi connectivity index (χ2v) is 2.01. The van der Waals surface area contributed by atoms with E-state index in [9.17, 15) is 4.79 Å². The molecule has 0 saturated carbocycles. The summed E-state index contributed by atoms with van der Waals surface area (Å²) < 4.78 is 4.49. The van der Waals surface area contributed by atoms with Gasteiger partial charge in [0.1, 0.15) is 0 Å². The van der Waals surface area contributed by atoms with Crippen LogP contribution in [0.5, 0.6) is 0 Å². The molecule has 0 amide bonds. The van der Waals surface area contributed by atoms with Crippen molar-refractivity contribution in [1.29, 1.82) is 0 Å². The molecule has 4 nitrogen and oxygen atoms in total. The van der Waals surface area contributed by atoms with E-state index in [0.29, 0.717) is 12.0 Å². The summed E-state index contributed by atoms with van der Waals surface area (Å²) in [6, 6.07) is 0. The summed E-state index contributed by atoms with van der Waals surface area (Å²) in [6.07, 6.45) is 3.26. The van der Waals surface area contributed by atoms with Gasteiger partial charge >= 0.3 is 5.97 Å². The minimum Gasteiger partial charge on any atom is -0.466 e. The van der Waals surface area contributed by atoms with Crippen molar-refractivity contribution in [3.63, 3.8) is 0 Å². The number of aliphatic imine (C=N–C) groups is 1. The van der Waals surface area contributed by atoms with Crippen LogP contribution in [0.2, 0.25) is 0 Å². The van der Waals surface area contributed by atoms with Crippen molar-refractivity contribution in [2.75, 3.05) is 13.7 Å². The van der Waals surface area contributed by atoms with E-state index in [2.05, 4.69) is 9.73 Å². The van der Waals surface area contributed by atoms with E-state index in [-0.39, 0.29) is 12.6 Å². The van der Waals surface area contributed by atoms with E-state index in [0.717, 1.165) is 0 Å². The number of methoxy groups -OCH3 is 1. The highest BCUT2D eigenvalue weighted by atomic mass is 16.5. The molecular weight excluding hydrogens is 158 g/mol. The highest BCUT2D eigenvalue weighted by Crippen LogP contribution is 2.02. The van der Waals surface area contributed by atoms with Crippen molar-refractivity contribution in [3.8, 4) is 0 Å². The molecule has 0 aromatic heterocycles. The Morgan fingerprint density at radius 2 is 2.33 bits per heavy atom. The molecule has 12 heavy (non-hydrogen) atoms. The lowest BCUT2D eigenvalue weighted by Gasteiger charge is -1.98. The molecule has 0 fully saturated rings. The molecule has 0 aromatic carbocycles. The quantitative estimate of drug-likeness (QED) is 0.381. The Morgan fingerprint density at radius 3 is 2.75 bits per heavy atom. The van der Waals surface area contributed by atoms with Gasteiger partial charge in [0.05, 0.1) is 19.3 Å². The van der Waals surface area contributed by atoms with Crippen LogP contribution in [0.4, 0.5) is 0 Å². The zero-order valence-electron chi connectivity index (χ0n) is 7.28. The van der Waals surface area contributed by atoms with Crippen molar-refractivity contribution >= 4 is 12.2 Å². The van der Waals surface area contributed by atoms with Gasteiger partial charge in [-0.2, -0.15) is 0 Å². The fourth-order valence-electron chi connectivity index (χ4n) is 0.609. The number of aliphatic hydroxyl groups excluding tert-OH is 1. The third-order valence-corrected chi connectivity index (χ3v) is 1.25. The fraction of sp³-hybridized carbons (Fsp3) is 0.500. The molecule has 0 heterocycles. The maximum atomic E-state index is 10.9. The van der Waals surface area contributed by atoms with Gasteiger partial charge in [-0.3, -0.25) is 4.99 Å². The van der Waals surface area contributed by atoms with Gasteiger partial charge in [0.2, 0.25) is 0 Å². The van der Waals surface area contributed by atoms with E-state index in [4.69, 9.17) is 5.11 Å². The number of hydrogen-bond acceptors (Lipinski definition) is 4. The Kier molecular flexibility index (Phi) is 5.91. The topological polar surface area (TPSA) is 58.9 Å². The summed E-state index contributed by atoms with van der Waals surface area (Å²) in [5.74, 6) is -0.382. The lowest BCUT2D eigenvalue weighted by Crippen LogP contribution is -2.03. The first-order valence-corrected chi connectivity index (χ1v) is 3.66. The molecule has 0 spiro atoms. The number of nitrogens with zero attached hydrogens (tertiary/aromatic N) is 1. The molecule has 0 aliphatic rings. The Balaban J connectivity index is 4.22. The standard InChI is InChI=1S/C8H13NO3/c1-3-7(8(11)12-2)6-9-4-5-10/h4,6,10H,3,5H2,1-2H3/b7-6+,9-4?. The second kappa shape index (κ2) is 6.54. The molecule has 0 radical (unpaired) electrons. The van der Waals surface area contributed by atoms with Gasteiger partial charge in [0, 0.05) is 12.4 Å². The van der Waals surface area contributed by atoms with Gasteiger partial charge in [-0.25, -0.2) is 4.79 Å². The monoisotopic (exact) mass is 171 g/mol. The molecule has 1 N–H and O–H groups in total. The number of hydrogen-bond donors (Lipinski definition) is 1. The molecule has 0 unspecified atom stereocenters. The first-order valence-electron chi connectivity index (χ1n) is 3.66. The Labute approximate surface area is 71.6 Å². The third kappa shape index (κ3) is 3.88. The maximum absolute atomic E-state index is 10.9. The van der Waals surface area contributed by atoms with E-state index >= 15 is 0 Å². The Morgan fingerprint density at radius 1 is 1.67 bits per heavy atom. The average molecular weight is 171 g/mol. The van der Waals surface area contributed by atoms with Crippen LogP contribution in [0.3, 0.4) is 0 Å². The van der Waals surface area contributed by atoms with Gasteiger partial charge in [-0.05, 0) is 6.42 Å². The summed E-state index contributed by atoms with van der Waals surface area (Å²) in [7, 11) is 1.32. The summed E-state index contributed by atoms with van der Waals surface area (Å²) >= 11 is 0. The minimum atomic E-state index is -0.382. The van der Waals surface area contributed by atoms with Crippen molar-refractivity contribution in [1.82, 2.24) is 0 Å². The van der Waals surface area contributed by atoms with Crippen LogP contribution in [0.1, 0.15) is 13.3 Å². The Hall–Kier alpha value is -1.16. The van der Waals surface area contributed by atoms with Gasteiger partial charge in [-0.1, -0.05) is 6.92 Å². The zero-order chi connectivity index (χ0) is 9.40. The number of rotatable bonds is 4. The second-order valence-electron chi connectivity index (χ2n) is 2.01. The predicted octanol–water partition coefficient (Wildman–Crippen LogP) is 0.516. The smallest absolute Gasteiger partial charge is 0.335 e. The number of aliphatic hydroxyl groups is 1. The van der Waals surface area contributed by atoms with Crippen LogP contribution in [-0.2, 0) is 9.53 Å². The van der Waals surface area contributed by atoms with Gasteiger partial charge in [0.25, 0.3) is 0 Å². The van der Waals surface area contributed by atoms with Gasteiger partial charge in [-0.15, -0.1) is 0 Å². The number of esters is 1. The van der Waals surface area contributed by atoms with Crippen molar-refractivity contribution in [2.24, 2.45) is 4.99 Å². The Bertz CT molecular complexity index is 196. The first kappa shape index (κ1) is 10.8. The SMILES string of the molecule is CC/C(=C\N=CCO)C(=O)OC. The highest BCUT2D eigenvalue weighted by Gasteiger charge is 2.04. The third-order valence-electron chi connectivity index (χ3n) is 1.25. The van der Waals surface area contributed by atoms with Crippen molar-refractivity contribution in [3.05, 3.63) is 11.8 Å². The first-order chi connectivity index (χ1) is 5.76. The summed E-state index contributed by atoms with van der Waals surface area (Å²) in [6.45, 7) is 1.70. The van der Waals surface area contributed by atoms with E-state index in [1.165, 1.54) is 19.5 Å². The molecule has 0 atom stereocenters. The van der Waals surface area contributed by atoms with Crippen LogP contribution >= 0.6 is 0 Å². The number of ether oxygens (including phenoxy) is 1. The number of carbonyl (C=O) groups is 1. The molecule has 4 heteroatoms. The van der Waals surface area contributed by atoms with E-state index < -0.39 is 0 Å². The lowest BCUT2D eigenvalue weighted by atomic mass is 10.2. The summed E-state index contributed by atoms with van der Waals surface area (Å²) in [5.41, 5.74) is 0.488. The normalized spacial score (nSPS) is 12.1. The molecule has 0 bridgehead atoms. The zero-order valence-corrected chi connectivity index (χ0v) is 7.28. The molecular formula is C8H13NO3.